The molecule has 0 aliphatic heterocycles. The Bertz CT molecular complexity index is 1300. The number of hydrogen-bond acceptors (Lipinski definition) is 8. The highest BCUT2D eigenvalue weighted by Crippen LogP contribution is 2.26. The molecule has 3 aromatic carbocycles. The number of aromatic nitrogens is 1. The number of benzene rings is 3. The lowest BCUT2D eigenvalue weighted by molar-refractivity contribution is -0.384. The molecule has 0 unspecified atom stereocenters. The summed E-state index contributed by atoms with van der Waals surface area (Å²) in [7, 11) is 0. The van der Waals surface area contributed by atoms with Crippen LogP contribution in [0.2, 0.25) is 5.02 Å². The van der Waals surface area contributed by atoms with Crippen molar-refractivity contribution in [3.8, 4) is 17.0 Å². The number of carbonyl (C=O) groups is 1. The highest BCUT2D eigenvalue weighted by molar-refractivity contribution is 7.14. The predicted molar refractivity (Wildman–Crippen MR) is 128 cm³/mol. The molecule has 33 heavy (non-hydrogen) atoms. The van der Waals surface area contributed by atoms with Gasteiger partial charge in [0.15, 0.2) is 0 Å². The molecule has 0 aliphatic carbocycles. The van der Waals surface area contributed by atoms with Gasteiger partial charge >= 0.3 is 5.97 Å². The third-order valence-corrected chi connectivity index (χ3v) is 5.42. The van der Waals surface area contributed by atoms with Crippen LogP contribution in [-0.4, -0.2) is 22.1 Å². The predicted octanol–water partition coefficient (Wildman–Crippen LogP) is 6.04. The van der Waals surface area contributed by atoms with Crippen LogP contribution in [0.4, 0.5) is 10.8 Å². The summed E-state index contributed by atoms with van der Waals surface area (Å²) in [6.07, 6.45) is 1.61. The number of nitro benzene ring substituents is 1. The van der Waals surface area contributed by atoms with Gasteiger partial charge in [-0.1, -0.05) is 11.6 Å². The number of nitrogens with one attached hydrogen (secondary N) is 1. The summed E-state index contributed by atoms with van der Waals surface area (Å²) in [5.74, 6) is -0.0601. The fourth-order valence-corrected chi connectivity index (χ4v) is 3.54. The van der Waals surface area contributed by atoms with Crippen LogP contribution >= 0.6 is 22.9 Å². The van der Waals surface area contributed by atoms with Crippen molar-refractivity contribution in [3.63, 3.8) is 0 Å². The van der Waals surface area contributed by atoms with Crippen molar-refractivity contribution < 1.29 is 14.5 Å². The van der Waals surface area contributed by atoms with E-state index in [1.165, 1.54) is 23.5 Å². The van der Waals surface area contributed by atoms with E-state index in [4.69, 9.17) is 16.3 Å². The van der Waals surface area contributed by atoms with E-state index in [1.807, 2.05) is 5.38 Å². The van der Waals surface area contributed by atoms with E-state index in [0.717, 1.165) is 11.1 Å². The van der Waals surface area contributed by atoms with Gasteiger partial charge in [-0.3, -0.25) is 15.5 Å². The number of hydrazone groups is 1. The highest BCUT2D eigenvalue weighted by Gasteiger charge is 2.09. The Labute approximate surface area is 197 Å². The topological polar surface area (TPSA) is 107 Å². The molecule has 1 heterocycles. The average molecular weight is 479 g/mol. The van der Waals surface area contributed by atoms with Crippen molar-refractivity contribution in [2.45, 2.75) is 0 Å². The average Bonchev–Trinajstić information content (AvgIpc) is 3.29. The Balaban J connectivity index is 1.33. The molecule has 1 N–H and O–H groups in total. The Morgan fingerprint density at radius 2 is 1.76 bits per heavy atom. The van der Waals surface area contributed by atoms with Crippen LogP contribution in [0.15, 0.2) is 83.3 Å². The molecule has 0 aliphatic rings. The minimum Gasteiger partial charge on any atom is -0.423 e. The van der Waals surface area contributed by atoms with Gasteiger partial charge in [-0.05, 0) is 66.2 Å². The number of carbonyl (C=O) groups excluding carboxylic acids is 1. The van der Waals surface area contributed by atoms with Crippen LogP contribution in [0.25, 0.3) is 11.3 Å². The summed E-state index contributed by atoms with van der Waals surface area (Å²) >= 11 is 7.19. The van der Waals surface area contributed by atoms with Crippen LogP contribution in [0.1, 0.15) is 15.9 Å². The molecule has 4 rings (SSSR count). The second-order valence-corrected chi connectivity index (χ2v) is 7.97. The smallest absolute Gasteiger partial charge is 0.343 e. The van der Waals surface area contributed by atoms with E-state index >= 15 is 0 Å². The normalized spacial score (nSPS) is 10.8. The third kappa shape index (κ3) is 5.79. The molecular formula is C23H15ClN4O4S. The molecule has 10 heteroatoms. The fraction of sp³-hybridized carbons (Fsp3) is 0. The molecule has 1 aromatic heterocycles. The van der Waals surface area contributed by atoms with Crippen LogP contribution < -0.4 is 10.2 Å². The second kappa shape index (κ2) is 10.0. The first-order valence-corrected chi connectivity index (χ1v) is 10.8. The van der Waals surface area contributed by atoms with E-state index in [1.54, 1.807) is 66.9 Å². The lowest BCUT2D eigenvalue weighted by Gasteiger charge is -2.04. The number of thiazole rings is 1. The van der Waals surface area contributed by atoms with Gasteiger partial charge in [-0.15, -0.1) is 11.3 Å². The summed E-state index contributed by atoms with van der Waals surface area (Å²) in [5, 5.41) is 17.9. The molecule has 0 amide bonds. The zero-order valence-corrected chi connectivity index (χ0v) is 18.4. The minimum atomic E-state index is -0.470. The van der Waals surface area contributed by atoms with Gasteiger partial charge in [0.2, 0.25) is 5.13 Å². The summed E-state index contributed by atoms with van der Waals surface area (Å²) in [4.78, 5) is 26.9. The number of esters is 1. The minimum absolute atomic E-state index is 0.0303. The number of ether oxygens (including phenoxy) is 1. The summed E-state index contributed by atoms with van der Waals surface area (Å²) in [5.41, 5.74) is 5.56. The van der Waals surface area contributed by atoms with Gasteiger partial charge in [0, 0.05) is 28.1 Å². The molecule has 0 saturated carbocycles. The fourth-order valence-electron chi connectivity index (χ4n) is 2.75. The monoisotopic (exact) mass is 478 g/mol. The first-order valence-electron chi connectivity index (χ1n) is 9.55. The molecular weight excluding hydrogens is 464 g/mol. The SMILES string of the molecule is O=C(Oc1ccc(/C=N\Nc2nc(-c3ccc([N+](=O)[O-])cc3)cs2)cc1)c1ccc(Cl)cc1. The number of rotatable bonds is 7. The zero-order valence-electron chi connectivity index (χ0n) is 16.8. The third-order valence-electron chi connectivity index (χ3n) is 4.42. The summed E-state index contributed by atoms with van der Waals surface area (Å²) in [6, 6.07) is 19.5. The van der Waals surface area contributed by atoms with Gasteiger partial charge in [-0.25, -0.2) is 9.78 Å². The molecule has 8 nitrogen and oxygen atoms in total. The van der Waals surface area contributed by atoms with Gasteiger partial charge < -0.3 is 4.74 Å². The molecule has 0 radical (unpaired) electrons. The number of nitro groups is 1. The van der Waals surface area contributed by atoms with Crippen molar-refractivity contribution in [1.29, 1.82) is 0 Å². The largest absolute Gasteiger partial charge is 0.423 e. The van der Waals surface area contributed by atoms with E-state index in [0.29, 0.717) is 27.2 Å². The van der Waals surface area contributed by atoms with Crippen molar-refractivity contribution >= 4 is 45.9 Å². The van der Waals surface area contributed by atoms with Crippen molar-refractivity contribution in [1.82, 2.24) is 4.98 Å². The molecule has 0 bridgehead atoms. The number of non-ortho nitro benzene ring substituents is 1. The zero-order chi connectivity index (χ0) is 23.2. The van der Waals surface area contributed by atoms with Gasteiger partial charge in [0.05, 0.1) is 22.4 Å². The molecule has 0 saturated heterocycles. The van der Waals surface area contributed by atoms with Gasteiger partial charge in [0.1, 0.15) is 5.75 Å². The van der Waals surface area contributed by atoms with Gasteiger partial charge in [-0.2, -0.15) is 5.10 Å². The Morgan fingerprint density at radius 3 is 2.42 bits per heavy atom. The molecule has 0 spiro atoms. The standard InChI is InChI=1S/C23H15ClN4O4S/c24-18-7-3-17(4-8-18)22(29)32-20-11-1-15(2-12-20)13-25-27-23-26-21(14-33-23)16-5-9-19(10-6-16)28(30)31/h1-14H,(H,26,27)/b25-13-. The first-order chi connectivity index (χ1) is 16.0. The van der Waals surface area contributed by atoms with E-state index in [9.17, 15) is 14.9 Å². The number of nitrogens with zero attached hydrogens (tertiary/aromatic N) is 3. The summed E-state index contributed by atoms with van der Waals surface area (Å²) in [6.45, 7) is 0. The van der Waals surface area contributed by atoms with Crippen molar-refractivity contribution in [3.05, 3.63) is 104 Å². The van der Waals surface area contributed by atoms with Crippen molar-refractivity contribution in [2.24, 2.45) is 5.10 Å². The number of hydrogen-bond donors (Lipinski definition) is 1. The Morgan fingerprint density at radius 1 is 1.06 bits per heavy atom. The van der Waals surface area contributed by atoms with E-state index < -0.39 is 10.9 Å². The van der Waals surface area contributed by atoms with Crippen LogP contribution in [-0.2, 0) is 0 Å². The molecule has 4 aromatic rings. The molecule has 0 atom stereocenters. The van der Waals surface area contributed by atoms with E-state index in [2.05, 4.69) is 15.5 Å². The lowest BCUT2D eigenvalue weighted by atomic mass is 10.1. The van der Waals surface area contributed by atoms with Crippen LogP contribution in [0.3, 0.4) is 0 Å². The van der Waals surface area contributed by atoms with E-state index in [-0.39, 0.29) is 5.69 Å². The Hall–Kier alpha value is -4.08. The molecule has 0 fully saturated rings. The number of halogens is 1. The number of anilines is 1. The first kappa shape index (κ1) is 22.1. The second-order valence-electron chi connectivity index (χ2n) is 6.68. The maximum absolute atomic E-state index is 12.2. The lowest BCUT2D eigenvalue weighted by Crippen LogP contribution is -2.08. The Kier molecular flexibility index (Phi) is 6.72. The maximum Gasteiger partial charge on any atom is 0.343 e. The summed E-state index contributed by atoms with van der Waals surface area (Å²) < 4.78 is 5.35. The maximum atomic E-state index is 12.2. The highest BCUT2D eigenvalue weighted by atomic mass is 35.5. The molecule has 164 valence electrons. The van der Waals surface area contributed by atoms with Crippen LogP contribution in [0.5, 0.6) is 5.75 Å². The quantitative estimate of drug-likeness (QED) is 0.114. The van der Waals surface area contributed by atoms with Crippen LogP contribution in [0, 0.1) is 10.1 Å². The van der Waals surface area contributed by atoms with Crippen molar-refractivity contribution in [2.75, 3.05) is 5.43 Å². The van der Waals surface area contributed by atoms with Gasteiger partial charge in [0.25, 0.3) is 5.69 Å².